The molecule has 1 atom stereocenters. The van der Waals surface area contributed by atoms with Gasteiger partial charge in [-0.25, -0.2) is 14.4 Å². The maximum absolute atomic E-state index is 12.6. The second-order valence-corrected chi connectivity index (χ2v) is 10.1. The van der Waals surface area contributed by atoms with Crippen molar-refractivity contribution >= 4 is 17.9 Å². The van der Waals surface area contributed by atoms with Crippen molar-refractivity contribution in [3.05, 3.63) is 104 Å². The largest absolute Gasteiger partial charge is 0.494 e. The summed E-state index contributed by atoms with van der Waals surface area (Å²) >= 11 is 0. The van der Waals surface area contributed by atoms with Crippen LogP contribution in [0, 0.1) is 0 Å². The molecule has 232 valence electrons. The van der Waals surface area contributed by atoms with Crippen molar-refractivity contribution in [2.75, 3.05) is 19.8 Å². The molecule has 3 aromatic rings. The summed E-state index contributed by atoms with van der Waals surface area (Å²) in [6.07, 6.45) is 8.07. The van der Waals surface area contributed by atoms with Gasteiger partial charge in [0, 0.05) is 12.2 Å². The highest BCUT2D eigenvalue weighted by Crippen LogP contribution is 2.26. The number of hydrogen-bond donors (Lipinski definition) is 0. The molecule has 3 rings (SSSR count). The SMILES string of the molecule is C=CC(=O)OCCCCCCCCOc1ccc(C(=O)Oc2ccc(-c3ccc(O[C@@H](C)COC(=O)C=C)cc3)cc2)cc1. The quantitative estimate of drug-likeness (QED) is 0.0603. The van der Waals surface area contributed by atoms with Crippen LogP contribution in [0.1, 0.15) is 55.8 Å². The van der Waals surface area contributed by atoms with E-state index in [4.69, 9.17) is 23.7 Å². The fraction of sp³-hybridized carbons (Fsp3) is 0.306. The lowest BCUT2D eigenvalue weighted by Crippen LogP contribution is -2.20. The van der Waals surface area contributed by atoms with Crippen LogP contribution in [0.3, 0.4) is 0 Å². The van der Waals surface area contributed by atoms with Crippen molar-refractivity contribution in [3.8, 4) is 28.4 Å². The van der Waals surface area contributed by atoms with Crippen molar-refractivity contribution in [3.63, 3.8) is 0 Å². The van der Waals surface area contributed by atoms with E-state index in [-0.39, 0.29) is 18.7 Å². The Hall–Kier alpha value is -4.85. The lowest BCUT2D eigenvalue weighted by molar-refractivity contribution is -0.140. The van der Waals surface area contributed by atoms with Gasteiger partial charge in [0.2, 0.25) is 0 Å². The van der Waals surface area contributed by atoms with Crippen LogP contribution in [-0.2, 0) is 19.1 Å². The number of ether oxygens (including phenoxy) is 5. The number of unbranched alkanes of at least 4 members (excludes halogenated alkanes) is 5. The Bertz CT molecular complexity index is 1340. The number of esters is 3. The van der Waals surface area contributed by atoms with Gasteiger partial charge in [0.15, 0.2) is 0 Å². The van der Waals surface area contributed by atoms with Gasteiger partial charge in [0.1, 0.15) is 30.0 Å². The van der Waals surface area contributed by atoms with Crippen molar-refractivity contribution in [2.45, 2.75) is 51.6 Å². The third-order valence-electron chi connectivity index (χ3n) is 6.53. The molecule has 0 bridgehead atoms. The van der Waals surface area contributed by atoms with Crippen molar-refractivity contribution in [1.82, 2.24) is 0 Å². The first-order valence-electron chi connectivity index (χ1n) is 14.8. The third kappa shape index (κ3) is 12.2. The molecule has 3 aromatic carbocycles. The average molecular weight is 601 g/mol. The normalized spacial score (nSPS) is 11.1. The summed E-state index contributed by atoms with van der Waals surface area (Å²) in [4.78, 5) is 34.8. The van der Waals surface area contributed by atoms with Crippen molar-refractivity contribution in [2.24, 2.45) is 0 Å². The third-order valence-corrected chi connectivity index (χ3v) is 6.53. The number of carbonyl (C=O) groups excluding carboxylic acids is 3. The minimum absolute atomic E-state index is 0.132. The van der Waals surface area contributed by atoms with Gasteiger partial charge in [-0.15, -0.1) is 0 Å². The predicted molar refractivity (Wildman–Crippen MR) is 169 cm³/mol. The van der Waals surface area contributed by atoms with E-state index in [1.54, 1.807) is 36.4 Å². The van der Waals surface area contributed by atoms with Crippen LogP contribution < -0.4 is 14.2 Å². The first-order valence-corrected chi connectivity index (χ1v) is 14.8. The van der Waals surface area contributed by atoms with Crippen LogP contribution in [0.5, 0.6) is 17.2 Å². The highest BCUT2D eigenvalue weighted by molar-refractivity contribution is 5.91. The molecule has 0 aliphatic heterocycles. The van der Waals surface area contributed by atoms with Crippen LogP contribution in [-0.4, -0.2) is 43.8 Å². The molecule has 0 amide bonds. The molecular formula is C36H40O8. The van der Waals surface area contributed by atoms with Crippen LogP contribution in [0.4, 0.5) is 0 Å². The van der Waals surface area contributed by atoms with Crippen LogP contribution in [0.25, 0.3) is 11.1 Å². The zero-order valence-electron chi connectivity index (χ0n) is 25.2. The van der Waals surface area contributed by atoms with Gasteiger partial charge in [-0.1, -0.05) is 63.1 Å². The Kier molecular flexibility index (Phi) is 14.3. The average Bonchev–Trinajstić information content (AvgIpc) is 3.05. The van der Waals surface area contributed by atoms with Crippen LogP contribution in [0.15, 0.2) is 98.1 Å². The molecule has 0 unspecified atom stereocenters. The Morgan fingerprint density at radius 2 is 1.14 bits per heavy atom. The van der Waals surface area contributed by atoms with Gasteiger partial charge in [-0.3, -0.25) is 0 Å². The summed E-state index contributed by atoms with van der Waals surface area (Å²) < 4.78 is 27.1. The first-order chi connectivity index (χ1) is 21.4. The lowest BCUT2D eigenvalue weighted by Gasteiger charge is -2.14. The summed E-state index contributed by atoms with van der Waals surface area (Å²) in [5.41, 5.74) is 2.36. The summed E-state index contributed by atoms with van der Waals surface area (Å²) in [7, 11) is 0. The summed E-state index contributed by atoms with van der Waals surface area (Å²) in [5, 5.41) is 0. The Labute approximate surface area is 259 Å². The van der Waals surface area contributed by atoms with E-state index in [0.29, 0.717) is 36.0 Å². The van der Waals surface area contributed by atoms with Gasteiger partial charge in [-0.05, 0) is 79.4 Å². The van der Waals surface area contributed by atoms with E-state index < -0.39 is 11.9 Å². The van der Waals surface area contributed by atoms with E-state index in [0.717, 1.165) is 55.7 Å². The van der Waals surface area contributed by atoms with Crippen LogP contribution in [0.2, 0.25) is 0 Å². The topological polar surface area (TPSA) is 97.4 Å². The van der Waals surface area contributed by atoms with Gasteiger partial charge in [0.25, 0.3) is 0 Å². The molecule has 8 heteroatoms. The summed E-state index contributed by atoms with van der Waals surface area (Å²) in [6.45, 7) is 9.74. The molecule has 0 saturated carbocycles. The second kappa shape index (κ2) is 18.6. The van der Waals surface area contributed by atoms with E-state index in [9.17, 15) is 14.4 Å². The molecule has 0 aliphatic carbocycles. The fourth-order valence-electron chi connectivity index (χ4n) is 4.15. The molecule has 0 fully saturated rings. The molecule has 0 radical (unpaired) electrons. The molecule has 44 heavy (non-hydrogen) atoms. The number of benzene rings is 3. The minimum atomic E-state index is -0.484. The Morgan fingerprint density at radius 3 is 1.73 bits per heavy atom. The molecule has 0 spiro atoms. The molecule has 0 heterocycles. The van der Waals surface area contributed by atoms with Gasteiger partial charge >= 0.3 is 17.9 Å². The van der Waals surface area contributed by atoms with Gasteiger partial charge < -0.3 is 23.7 Å². The summed E-state index contributed by atoms with van der Waals surface area (Å²) in [6, 6.07) is 21.7. The highest BCUT2D eigenvalue weighted by Gasteiger charge is 2.10. The maximum atomic E-state index is 12.6. The molecular weight excluding hydrogens is 560 g/mol. The zero-order chi connectivity index (χ0) is 31.6. The summed E-state index contributed by atoms with van der Waals surface area (Å²) in [5.74, 6) is 0.507. The highest BCUT2D eigenvalue weighted by atomic mass is 16.6. The zero-order valence-corrected chi connectivity index (χ0v) is 25.2. The minimum Gasteiger partial charge on any atom is -0.494 e. The standard InChI is InChI=1S/C36H40O8/c1-4-34(37)41-25-11-9-7-6-8-10-24-40-31-18-16-30(17-19-31)36(39)44-33-22-14-29(15-23-33)28-12-20-32(21-13-28)43-27(3)26-42-35(38)5-2/h4-5,12-23,27H,1-2,6-11,24-26H2,3H3/t27-/m0/s1. The Morgan fingerprint density at radius 1 is 0.636 bits per heavy atom. The van der Waals surface area contributed by atoms with Crippen molar-refractivity contribution < 1.29 is 38.1 Å². The smallest absolute Gasteiger partial charge is 0.343 e. The second-order valence-electron chi connectivity index (χ2n) is 10.1. The van der Waals surface area contributed by atoms with E-state index in [1.807, 2.05) is 43.3 Å². The van der Waals surface area contributed by atoms with Gasteiger partial charge in [0.05, 0.1) is 18.8 Å². The van der Waals surface area contributed by atoms with Crippen LogP contribution >= 0.6 is 0 Å². The molecule has 0 aliphatic rings. The van der Waals surface area contributed by atoms with Gasteiger partial charge in [-0.2, -0.15) is 0 Å². The van der Waals surface area contributed by atoms with E-state index in [1.165, 1.54) is 6.08 Å². The molecule has 8 nitrogen and oxygen atoms in total. The first kappa shape index (κ1) is 33.6. The number of carbonyl (C=O) groups is 3. The molecule has 0 saturated heterocycles. The fourth-order valence-corrected chi connectivity index (χ4v) is 4.15. The monoisotopic (exact) mass is 600 g/mol. The van der Waals surface area contributed by atoms with Crippen molar-refractivity contribution in [1.29, 1.82) is 0 Å². The molecule has 0 N–H and O–H groups in total. The number of rotatable bonds is 19. The van der Waals surface area contributed by atoms with E-state index >= 15 is 0 Å². The Balaban J connectivity index is 1.35. The van der Waals surface area contributed by atoms with E-state index in [2.05, 4.69) is 13.2 Å². The molecule has 0 aromatic heterocycles. The maximum Gasteiger partial charge on any atom is 0.343 e. The lowest BCUT2D eigenvalue weighted by atomic mass is 10.1. The number of hydrogen-bond acceptors (Lipinski definition) is 8. The predicted octanol–water partition coefficient (Wildman–Crippen LogP) is 7.52.